The van der Waals surface area contributed by atoms with E-state index < -0.39 is 0 Å². The first kappa shape index (κ1) is 15.0. The van der Waals surface area contributed by atoms with Gasteiger partial charge in [-0.15, -0.1) is 0 Å². The highest BCUT2D eigenvalue weighted by molar-refractivity contribution is 9.10. The Kier molecular flexibility index (Phi) is 5.52. The lowest BCUT2D eigenvalue weighted by Crippen LogP contribution is -2.18. The van der Waals surface area contributed by atoms with Crippen molar-refractivity contribution >= 4 is 31.9 Å². The molecule has 0 radical (unpaired) electrons. The van der Waals surface area contributed by atoms with Gasteiger partial charge in [0.25, 0.3) is 0 Å². The minimum absolute atomic E-state index is 0.303. The number of hydrogen-bond acceptors (Lipinski definition) is 1. The second-order valence-electron chi connectivity index (χ2n) is 5.29. The predicted octanol–water partition coefficient (Wildman–Crippen LogP) is 5.20. The van der Waals surface area contributed by atoms with Gasteiger partial charge in [0.05, 0.1) is 11.6 Å². The molecule has 1 nitrogen and oxygen atoms in total. The van der Waals surface area contributed by atoms with E-state index in [-0.39, 0.29) is 0 Å². The summed E-state index contributed by atoms with van der Waals surface area (Å²) in [5.41, 5.74) is 1.65. The first-order valence-electron chi connectivity index (χ1n) is 5.80. The molecule has 96 valence electrons. The third kappa shape index (κ3) is 5.01. The number of methoxy groups -OCH3 is 1. The first-order valence-corrected chi connectivity index (χ1v) is 7.51. The Bertz CT molecular complexity index is 372. The van der Waals surface area contributed by atoms with Gasteiger partial charge in [-0.25, -0.2) is 0 Å². The number of rotatable bonds is 5. The van der Waals surface area contributed by atoms with Crippen molar-refractivity contribution in [2.24, 2.45) is 5.41 Å². The molecule has 1 aromatic carbocycles. The van der Waals surface area contributed by atoms with E-state index in [1.807, 2.05) is 6.07 Å². The Morgan fingerprint density at radius 3 is 2.47 bits per heavy atom. The summed E-state index contributed by atoms with van der Waals surface area (Å²) in [4.78, 5) is 0.555. The van der Waals surface area contributed by atoms with Crippen LogP contribution >= 0.6 is 31.9 Å². The molecule has 1 atom stereocenters. The number of benzene rings is 1. The van der Waals surface area contributed by atoms with Crippen molar-refractivity contribution in [3.63, 3.8) is 0 Å². The van der Waals surface area contributed by atoms with Crippen LogP contribution in [0.3, 0.4) is 0 Å². The van der Waals surface area contributed by atoms with Crippen molar-refractivity contribution in [3.8, 4) is 5.75 Å². The van der Waals surface area contributed by atoms with Crippen LogP contribution in [0.2, 0.25) is 0 Å². The minimum Gasteiger partial charge on any atom is -0.496 e. The van der Waals surface area contributed by atoms with Crippen LogP contribution in [0.1, 0.15) is 32.8 Å². The lowest BCUT2D eigenvalue weighted by atomic mass is 9.82. The molecule has 17 heavy (non-hydrogen) atoms. The molecule has 0 aliphatic carbocycles. The lowest BCUT2D eigenvalue weighted by Gasteiger charge is -2.26. The fraction of sp³-hybridized carbons (Fsp3) is 0.571. The van der Waals surface area contributed by atoms with Gasteiger partial charge in [0, 0.05) is 4.83 Å². The summed E-state index contributed by atoms with van der Waals surface area (Å²) >= 11 is 7.16. The quantitative estimate of drug-likeness (QED) is 0.653. The molecule has 0 heterocycles. The Morgan fingerprint density at radius 2 is 2.00 bits per heavy atom. The van der Waals surface area contributed by atoms with Gasteiger partial charge in [0.1, 0.15) is 5.75 Å². The summed E-state index contributed by atoms with van der Waals surface area (Å²) in [5.74, 6) is 0.889. The van der Waals surface area contributed by atoms with Gasteiger partial charge in [-0.1, -0.05) is 42.8 Å². The maximum absolute atomic E-state index is 5.24. The topological polar surface area (TPSA) is 9.23 Å². The molecule has 3 heteroatoms. The van der Waals surface area contributed by atoms with E-state index in [0.29, 0.717) is 10.2 Å². The van der Waals surface area contributed by atoms with Crippen molar-refractivity contribution in [1.82, 2.24) is 0 Å². The standard InChI is InChI=1S/C14H20Br2O/c1-10(15)8-14(2,3)9-11-5-6-13(17-4)12(16)7-11/h5-7,10H,8-9H2,1-4H3. The van der Waals surface area contributed by atoms with E-state index in [4.69, 9.17) is 4.74 Å². The average Bonchev–Trinajstić information content (AvgIpc) is 2.14. The highest BCUT2D eigenvalue weighted by atomic mass is 79.9. The summed E-state index contributed by atoms with van der Waals surface area (Å²) < 4.78 is 6.27. The summed E-state index contributed by atoms with van der Waals surface area (Å²) in [5, 5.41) is 0. The molecule has 1 unspecified atom stereocenters. The van der Waals surface area contributed by atoms with Crippen LogP contribution in [0.5, 0.6) is 5.75 Å². The fourth-order valence-corrected chi connectivity index (χ4v) is 3.67. The van der Waals surface area contributed by atoms with Gasteiger partial charge >= 0.3 is 0 Å². The molecule has 0 bridgehead atoms. The van der Waals surface area contributed by atoms with Gasteiger partial charge in [-0.2, -0.15) is 0 Å². The first-order chi connectivity index (χ1) is 7.84. The summed E-state index contributed by atoms with van der Waals surface area (Å²) in [6.45, 7) is 6.82. The maximum atomic E-state index is 5.24. The zero-order chi connectivity index (χ0) is 13.1. The third-order valence-corrected chi connectivity index (χ3v) is 3.68. The molecule has 0 N–H and O–H groups in total. The van der Waals surface area contributed by atoms with E-state index >= 15 is 0 Å². The van der Waals surface area contributed by atoms with Crippen molar-refractivity contribution in [2.75, 3.05) is 7.11 Å². The number of ether oxygens (including phenoxy) is 1. The maximum Gasteiger partial charge on any atom is 0.133 e. The molecular weight excluding hydrogens is 344 g/mol. The summed E-state index contributed by atoms with van der Waals surface area (Å²) in [6.07, 6.45) is 2.24. The van der Waals surface area contributed by atoms with Crippen LogP contribution < -0.4 is 4.74 Å². The van der Waals surface area contributed by atoms with E-state index in [0.717, 1.165) is 23.1 Å². The van der Waals surface area contributed by atoms with Gasteiger partial charge in [0.15, 0.2) is 0 Å². The van der Waals surface area contributed by atoms with Crippen molar-refractivity contribution in [3.05, 3.63) is 28.2 Å². The average molecular weight is 364 g/mol. The molecule has 0 aromatic heterocycles. The molecule has 0 aliphatic heterocycles. The molecule has 0 saturated heterocycles. The third-order valence-electron chi connectivity index (χ3n) is 2.73. The molecule has 0 aliphatic rings. The van der Waals surface area contributed by atoms with Crippen LogP contribution in [-0.2, 0) is 6.42 Å². The Labute approximate surface area is 121 Å². The van der Waals surface area contributed by atoms with Crippen LogP contribution in [-0.4, -0.2) is 11.9 Å². The molecular formula is C14H20Br2O. The van der Waals surface area contributed by atoms with Gasteiger partial charge in [0.2, 0.25) is 0 Å². The highest BCUT2D eigenvalue weighted by Crippen LogP contribution is 2.32. The second kappa shape index (κ2) is 6.24. The summed E-state index contributed by atoms with van der Waals surface area (Å²) in [6, 6.07) is 6.32. The number of halogens is 2. The molecule has 1 aromatic rings. The van der Waals surface area contributed by atoms with E-state index in [1.165, 1.54) is 5.56 Å². The molecule has 1 rings (SSSR count). The van der Waals surface area contributed by atoms with Crippen LogP contribution in [0.25, 0.3) is 0 Å². The van der Waals surface area contributed by atoms with Crippen LogP contribution in [0, 0.1) is 5.41 Å². The van der Waals surface area contributed by atoms with Crippen LogP contribution in [0.15, 0.2) is 22.7 Å². The van der Waals surface area contributed by atoms with E-state index in [2.05, 4.69) is 64.8 Å². The minimum atomic E-state index is 0.303. The van der Waals surface area contributed by atoms with Crippen molar-refractivity contribution in [2.45, 2.75) is 38.4 Å². The molecule has 0 spiro atoms. The van der Waals surface area contributed by atoms with Gasteiger partial charge in [-0.3, -0.25) is 0 Å². The highest BCUT2D eigenvalue weighted by Gasteiger charge is 2.21. The predicted molar refractivity (Wildman–Crippen MR) is 81.2 cm³/mol. The number of alkyl halides is 1. The monoisotopic (exact) mass is 362 g/mol. The van der Waals surface area contributed by atoms with Gasteiger partial charge < -0.3 is 4.74 Å². The largest absolute Gasteiger partial charge is 0.496 e. The summed E-state index contributed by atoms with van der Waals surface area (Å²) in [7, 11) is 1.69. The van der Waals surface area contributed by atoms with E-state index in [1.54, 1.807) is 7.11 Å². The second-order valence-corrected chi connectivity index (χ2v) is 7.71. The Hall–Kier alpha value is -0.0200. The fourth-order valence-electron chi connectivity index (χ4n) is 2.21. The van der Waals surface area contributed by atoms with Crippen molar-refractivity contribution < 1.29 is 4.74 Å². The smallest absolute Gasteiger partial charge is 0.133 e. The lowest BCUT2D eigenvalue weighted by molar-refractivity contribution is 0.334. The Balaban J connectivity index is 2.78. The number of hydrogen-bond donors (Lipinski definition) is 0. The normalized spacial score (nSPS) is 13.5. The molecule has 0 fully saturated rings. The molecule has 0 saturated carbocycles. The van der Waals surface area contributed by atoms with Gasteiger partial charge in [-0.05, 0) is 51.9 Å². The SMILES string of the molecule is COc1ccc(CC(C)(C)CC(C)Br)cc1Br. The zero-order valence-corrected chi connectivity index (χ0v) is 14.1. The van der Waals surface area contributed by atoms with E-state index in [9.17, 15) is 0 Å². The van der Waals surface area contributed by atoms with Crippen molar-refractivity contribution in [1.29, 1.82) is 0 Å². The zero-order valence-electron chi connectivity index (χ0n) is 10.9. The van der Waals surface area contributed by atoms with Crippen LogP contribution in [0.4, 0.5) is 0 Å². The molecule has 0 amide bonds. The Morgan fingerprint density at radius 1 is 1.35 bits per heavy atom.